The minimum absolute atomic E-state index is 0.0439. The summed E-state index contributed by atoms with van der Waals surface area (Å²) in [4.78, 5) is 21.6. The van der Waals surface area contributed by atoms with Crippen molar-refractivity contribution in [1.29, 1.82) is 0 Å². The first-order valence-electron chi connectivity index (χ1n) is 3.78. The minimum atomic E-state index is -1.55. The molecule has 0 aliphatic carbocycles. The second-order valence-corrected chi connectivity index (χ2v) is 3.86. The Balaban J connectivity index is 3.28. The quantitative estimate of drug-likeness (QED) is 0.686. The van der Waals surface area contributed by atoms with Crippen LogP contribution in [0.15, 0.2) is 16.6 Å². The third-order valence-electron chi connectivity index (χ3n) is 1.68. The molecule has 0 spiro atoms. The molecule has 0 heterocycles. The lowest BCUT2D eigenvalue weighted by atomic mass is 10.1. The largest absolute Gasteiger partial charge is 0.496 e. The summed E-state index contributed by atoms with van der Waals surface area (Å²) in [5.41, 5.74) is -0.0724. The monoisotopic (exact) mass is 292 g/mol. The van der Waals surface area contributed by atoms with Crippen molar-refractivity contribution in [2.24, 2.45) is 0 Å². The van der Waals surface area contributed by atoms with Crippen LogP contribution in [0.3, 0.4) is 0 Å². The lowest BCUT2D eigenvalue weighted by Crippen LogP contribution is -2.13. The molecule has 4 nitrogen and oxygen atoms in total. The van der Waals surface area contributed by atoms with Gasteiger partial charge in [-0.15, -0.1) is 0 Å². The maximum absolute atomic E-state index is 11.2. The van der Waals surface area contributed by atoms with Crippen molar-refractivity contribution >= 4 is 39.3 Å². The van der Waals surface area contributed by atoms with Gasteiger partial charge in [-0.25, -0.2) is 4.79 Å². The van der Waals surface area contributed by atoms with Crippen LogP contribution >= 0.6 is 27.5 Å². The SMILES string of the molecule is COc1cc(Cl)c(C(=O)C(=O)O)cc1Br. The number of carboxylic acid groups (broad SMARTS) is 1. The van der Waals surface area contributed by atoms with Gasteiger partial charge in [0, 0.05) is 11.6 Å². The highest BCUT2D eigenvalue weighted by atomic mass is 79.9. The fraction of sp³-hybridized carbons (Fsp3) is 0.111. The Kier molecular flexibility index (Phi) is 3.71. The van der Waals surface area contributed by atoms with Crippen molar-refractivity contribution in [3.63, 3.8) is 0 Å². The van der Waals surface area contributed by atoms with E-state index in [0.717, 1.165) is 0 Å². The first kappa shape index (κ1) is 12.0. The fourth-order valence-electron chi connectivity index (χ4n) is 0.974. The number of aliphatic carboxylic acids is 1. The van der Waals surface area contributed by atoms with E-state index in [2.05, 4.69) is 15.9 Å². The van der Waals surface area contributed by atoms with Gasteiger partial charge < -0.3 is 9.84 Å². The molecule has 0 aromatic heterocycles. The van der Waals surface area contributed by atoms with Gasteiger partial charge in [-0.05, 0) is 22.0 Å². The third kappa shape index (κ3) is 2.49. The van der Waals surface area contributed by atoms with E-state index in [-0.39, 0.29) is 10.6 Å². The Labute approximate surface area is 98.9 Å². The molecule has 0 aliphatic rings. The van der Waals surface area contributed by atoms with E-state index in [4.69, 9.17) is 21.4 Å². The number of carboxylic acids is 1. The van der Waals surface area contributed by atoms with Gasteiger partial charge in [-0.3, -0.25) is 4.79 Å². The summed E-state index contributed by atoms with van der Waals surface area (Å²) >= 11 is 8.86. The van der Waals surface area contributed by atoms with Gasteiger partial charge in [-0.1, -0.05) is 11.6 Å². The lowest BCUT2D eigenvalue weighted by molar-refractivity contribution is -0.131. The Bertz CT molecular complexity index is 430. The lowest BCUT2D eigenvalue weighted by Gasteiger charge is -2.06. The smallest absolute Gasteiger partial charge is 0.377 e. The van der Waals surface area contributed by atoms with E-state index >= 15 is 0 Å². The van der Waals surface area contributed by atoms with Gasteiger partial charge in [0.2, 0.25) is 0 Å². The maximum Gasteiger partial charge on any atom is 0.377 e. The van der Waals surface area contributed by atoms with E-state index in [1.54, 1.807) is 0 Å². The first-order valence-corrected chi connectivity index (χ1v) is 4.95. The van der Waals surface area contributed by atoms with Crippen LogP contribution in [0.2, 0.25) is 5.02 Å². The number of hydrogen-bond acceptors (Lipinski definition) is 3. The molecule has 0 aliphatic heterocycles. The number of hydrogen-bond donors (Lipinski definition) is 1. The summed E-state index contributed by atoms with van der Waals surface area (Å²) in [5.74, 6) is -2.17. The van der Waals surface area contributed by atoms with E-state index in [9.17, 15) is 9.59 Å². The van der Waals surface area contributed by atoms with Crippen LogP contribution in [0.5, 0.6) is 5.75 Å². The van der Waals surface area contributed by atoms with Crippen LogP contribution in [-0.4, -0.2) is 24.0 Å². The van der Waals surface area contributed by atoms with Crippen LogP contribution in [0.1, 0.15) is 10.4 Å². The first-order chi connectivity index (χ1) is 6.97. The number of carbonyl (C=O) groups excluding carboxylic acids is 1. The van der Waals surface area contributed by atoms with Gasteiger partial charge in [0.1, 0.15) is 5.75 Å². The van der Waals surface area contributed by atoms with Gasteiger partial charge in [0.25, 0.3) is 5.78 Å². The Morgan fingerprint density at radius 1 is 1.47 bits per heavy atom. The minimum Gasteiger partial charge on any atom is -0.496 e. The highest BCUT2D eigenvalue weighted by Crippen LogP contribution is 2.31. The van der Waals surface area contributed by atoms with Crippen molar-refractivity contribution < 1.29 is 19.4 Å². The summed E-state index contributed by atoms with van der Waals surface area (Å²) in [6, 6.07) is 2.69. The molecule has 0 saturated heterocycles. The standard InChI is InChI=1S/C9H6BrClO4/c1-15-7-3-6(11)4(2-5(7)10)8(12)9(13)14/h2-3H,1H3,(H,13,14). The second-order valence-electron chi connectivity index (χ2n) is 2.60. The number of benzene rings is 1. The molecule has 0 atom stereocenters. The summed E-state index contributed by atoms with van der Waals surface area (Å²) < 4.78 is 5.40. The van der Waals surface area contributed by atoms with Crippen molar-refractivity contribution in [2.75, 3.05) is 7.11 Å². The maximum atomic E-state index is 11.2. The zero-order valence-electron chi connectivity index (χ0n) is 7.58. The van der Waals surface area contributed by atoms with Crippen molar-refractivity contribution in [2.45, 2.75) is 0 Å². The zero-order valence-corrected chi connectivity index (χ0v) is 9.92. The molecule has 0 saturated carbocycles. The molecule has 6 heteroatoms. The Hall–Kier alpha value is -1.07. The Morgan fingerprint density at radius 2 is 2.07 bits per heavy atom. The molecule has 1 rings (SSSR count). The number of Topliss-reactive ketones (excluding diaryl/α,β-unsaturated/α-hetero) is 1. The van der Waals surface area contributed by atoms with Crippen molar-refractivity contribution in [3.05, 3.63) is 27.2 Å². The molecule has 1 aromatic carbocycles. The summed E-state index contributed by atoms with van der Waals surface area (Å²) in [7, 11) is 1.44. The average Bonchev–Trinajstić information content (AvgIpc) is 2.19. The highest BCUT2D eigenvalue weighted by Gasteiger charge is 2.19. The van der Waals surface area contributed by atoms with Crippen LogP contribution in [0.4, 0.5) is 0 Å². The van der Waals surface area contributed by atoms with Crippen LogP contribution in [0, 0.1) is 0 Å². The number of carbonyl (C=O) groups is 2. The van der Waals surface area contributed by atoms with Crippen molar-refractivity contribution in [1.82, 2.24) is 0 Å². The number of ketones is 1. The summed E-state index contributed by atoms with van der Waals surface area (Å²) in [5, 5.41) is 8.57. The topological polar surface area (TPSA) is 63.6 Å². The van der Waals surface area contributed by atoms with Gasteiger partial charge >= 0.3 is 5.97 Å². The predicted octanol–water partition coefficient (Wildman–Crippen LogP) is 2.38. The van der Waals surface area contributed by atoms with E-state index in [1.165, 1.54) is 19.2 Å². The van der Waals surface area contributed by atoms with Crippen LogP contribution in [0.25, 0.3) is 0 Å². The average molecular weight is 294 g/mol. The molecule has 15 heavy (non-hydrogen) atoms. The summed E-state index contributed by atoms with van der Waals surface area (Å²) in [6.07, 6.45) is 0. The van der Waals surface area contributed by atoms with E-state index in [0.29, 0.717) is 10.2 Å². The van der Waals surface area contributed by atoms with Gasteiger partial charge in [0.15, 0.2) is 0 Å². The van der Waals surface area contributed by atoms with Gasteiger partial charge in [0.05, 0.1) is 16.6 Å². The molecule has 0 bridgehead atoms. The fourth-order valence-corrected chi connectivity index (χ4v) is 1.72. The summed E-state index contributed by atoms with van der Waals surface area (Å²) in [6.45, 7) is 0. The number of ether oxygens (including phenoxy) is 1. The van der Waals surface area contributed by atoms with Crippen molar-refractivity contribution in [3.8, 4) is 5.75 Å². The molecule has 0 radical (unpaired) electrons. The molecule has 0 amide bonds. The normalized spacial score (nSPS) is 9.80. The number of halogens is 2. The molecule has 80 valence electrons. The molecule has 1 aromatic rings. The highest BCUT2D eigenvalue weighted by molar-refractivity contribution is 9.10. The second kappa shape index (κ2) is 4.63. The van der Waals surface area contributed by atoms with Crippen LogP contribution < -0.4 is 4.74 Å². The van der Waals surface area contributed by atoms with E-state index < -0.39 is 11.8 Å². The number of methoxy groups -OCH3 is 1. The number of rotatable bonds is 3. The molecule has 0 unspecified atom stereocenters. The van der Waals surface area contributed by atoms with Crippen LogP contribution in [-0.2, 0) is 4.79 Å². The molecular formula is C9H6BrClO4. The van der Waals surface area contributed by atoms with E-state index in [1.807, 2.05) is 0 Å². The molecule has 1 N–H and O–H groups in total. The predicted molar refractivity (Wildman–Crippen MR) is 57.7 cm³/mol. The molecular weight excluding hydrogens is 287 g/mol. The molecule has 0 fully saturated rings. The third-order valence-corrected chi connectivity index (χ3v) is 2.61. The van der Waals surface area contributed by atoms with Gasteiger partial charge in [-0.2, -0.15) is 0 Å². The zero-order chi connectivity index (χ0) is 11.6. The Morgan fingerprint density at radius 3 is 2.53 bits per heavy atom.